The van der Waals surface area contributed by atoms with Crippen LogP contribution in [-0.4, -0.2) is 68.9 Å². The normalized spacial score (nSPS) is 18.4. The molecule has 0 radical (unpaired) electrons. The first-order valence-electron chi connectivity index (χ1n) is 9.03. The Morgan fingerprint density at radius 2 is 0.886 bits per heavy atom. The summed E-state index contributed by atoms with van der Waals surface area (Å²) >= 11 is 0. The maximum absolute atomic E-state index is 14.2. The quantitative estimate of drug-likeness (QED) is 0.176. The van der Waals surface area contributed by atoms with E-state index in [1.807, 2.05) is 0 Å². The van der Waals surface area contributed by atoms with Gasteiger partial charge in [0.15, 0.2) is 0 Å². The first-order chi connectivity index (χ1) is 15.0. The summed E-state index contributed by atoms with van der Waals surface area (Å²) in [6.45, 7) is 2.84. The van der Waals surface area contributed by atoms with Crippen LogP contribution in [0.5, 0.6) is 0 Å². The van der Waals surface area contributed by atoms with Crippen LogP contribution in [0.3, 0.4) is 0 Å². The summed E-state index contributed by atoms with van der Waals surface area (Å²) in [4.78, 5) is 0. The van der Waals surface area contributed by atoms with Crippen molar-refractivity contribution in [3.8, 4) is 0 Å². The van der Waals surface area contributed by atoms with Gasteiger partial charge in [0.25, 0.3) is 0 Å². The predicted molar refractivity (Wildman–Crippen MR) is 85.0 cm³/mol. The Balaban J connectivity index is 6.69. The second-order valence-electron chi connectivity index (χ2n) is 7.25. The average Bonchev–Trinajstić information content (AvgIpc) is 2.66. The van der Waals surface area contributed by atoms with Gasteiger partial charge in [0.1, 0.15) is 6.10 Å². The fraction of sp³-hybridized carbons (Fsp3) is 1.00. The van der Waals surface area contributed by atoms with E-state index in [1.54, 1.807) is 0 Å². The first-order valence-corrected chi connectivity index (χ1v) is 11.6. The molecule has 212 valence electrons. The Morgan fingerprint density at radius 1 is 0.571 bits per heavy atom. The van der Waals surface area contributed by atoms with Gasteiger partial charge in [-0.05, 0) is 26.4 Å². The van der Waals surface area contributed by atoms with Crippen LogP contribution in [0.25, 0.3) is 0 Å². The van der Waals surface area contributed by atoms with Gasteiger partial charge in [-0.25, -0.2) is 0 Å². The highest BCUT2D eigenvalue weighted by molar-refractivity contribution is 6.66. The zero-order valence-corrected chi connectivity index (χ0v) is 18.7. The highest BCUT2D eigenvalue weighted by Crippen LogP contribution is 2.64. The molecule has 2 atom stereocenters. The highest BCUT2D eigenvalue weighted by Gasteiger charge is 2.95. The summed E-state index contributed by atoms with van der Waals surface area (Å²) in [5.41, 5.74) is 0. The van der Waals surface area contributed by atoms with Crippen molar-refractivity contribution in [2.24, 2.45) is 0 Å². The molecule has 0 aliphatic carbocycles. The molecule has 0 spiro atoms. The topological polar surface area (TPSA) is 18.5 Å². The molecule has 0 heterocycles. The van der Waals surface area contributed by atoms with Crippen LogP contribution in [-0.2, 0) is 8.85 Å². The third kappa shape index (κ3) is 4.94. The molecule has 0 bridgehead atoms. The lowest BCUT2D eigenvalue weighted by Crippen LogP contribution is -2.75. The van der Waals surface area contributed by atoms with Crippen molar-refractivity contribution in [1.82, 2.24) is 0 Å². The SMILES string of the molecule is CCO[Si](C)(CC)OC(C)C(F)(F)C(F)(F)C(F)(F)C(F)(F)C(F)(F)C(F)(F)C(F)(F)C(F)(F)F. The largest absolute Gasteiger partial charge is 0.460 e. The molecule has 0 saturated carbocycles. The van der Waals surface area contributed by atoms with Gasteiger partial charge in [0.05, 0.1) is 0 Å². The summed E-state index contributed by atoms with van der Waals surface area (Å²) in [6.07, 6.45) is -11.3. The maximum Gasteiger partial charge on any atom is 0.460 e. The third-order valence-corrected chi connectivity index (χ3v) is 7.81. The fourth-order valence-electron chi connectivity index (χ4n) is 2.40. The van der Waals surface area contributed by atoms with Crippen molar-refractivity contribution in [3.05, 3.63) is 0 Å². The smallest absolute Gasteiger partial charge is 0.395 e. The van der Waals surface area contributed by atoms with Crippen LogP contribution in [0.1, 0.15) is 20.8 Å². The van der Waals surface area contributed by atoms with Crippen LogP contribution in [0.15, 0.2) is 0 Å². The molecule has 0 aliphatic rings. The average molecular weight is 580 g/mol. The van der Waals surface area contributed by atoms with E-state index in [1.165, 1.54) is 6.92 Å². The van der Waals surface area contributed by atoms with Gasteiger partial charge in [-0.1, -0.05) is 6.92 Å². The molecule has 2 unspecified atom stereocenters. The summed E-state index contributed by atoms with van der Waals surface area (Å²) < 4.78 is 235. The van der Waals surface area contributed by atoms with Crippen LogP contribution in [0.4, 0.5) is 74.6 Å². The second-order valence-corrected chi connectivity index (χ2v) is 10.7. The number of halogens is 17. The number of alkyl halides is 17. The number of hydrogen-bond acceptors (Lipinski definition) is 2. The Morgan fingerprint density at radius 3 is 1.17 bits per heavy atom. The molecule has 0 aromatic rings. The van der Waals surface area contributed by atoms with Crippen LogP contribution in [0, 0.1) is 0 Å². The molecule has 2 nitrogen and oxygen atoms in total. The van der Waals surface area contributed by atoms with E-state index in [4.69, 9.17) is 4.43 Å². The lowest BCUT2D eigenvalue weighted by atomic mass is 9.88. The van der Waals surface area contributed by atoms with E-state index in [0.717, 1.165) is 13.5 Å². The molecule has 0 rings (SSSR count). The van der Waals surface area contributed by atoms with Gasteiger partial charge in [-0.3, -0.25) is 0 Å². The molecule has 0 aliphatic heterocycles. The summed E-state index contributed by atoms with van der Waals surface area (Å²) in [6, 6.07) is -0.351. The van der Waals surface area contributed by atoms with Crippen molar-refractivity contribution < 1.29 is 83.5 Å². The van der Waals surface area contributed by atoms with E-state index >= 15 is 0 Å². The zero-order valence-electron chi connectivity index (χ0n) is 17.7. The van der Waals surface area contributed by atoms with Gasteiger partial charge < -0.3 is 8.85 Å². The Kier molecular flexibility index (Phi) is 9.08. The molecule has 35 heavy (non-hydrogen) atoms. The van der Waals surface area contributed by atoms with E-state index in [9.17, 15) is 74.6 Å². The van der Waals surface area contributed by atoms with Crippen LogP contribution < -0.4 is 0 Å². The molecular weight excluding hydrogens is 563 g/mol. The fourth-order valence-corrected chi connectivity index (χ4v) is 4.35. The lowest BCUT2D eigenvalue weighted by molar-refractivity contribution is -0.463. The number of hydrogen-bond donors (Lipinski definition) is 0. The predicted octanol–water partition coefficient (Wildman–Crippen LogP) is 7.53. The third-order valence-electron chi connectivity index (χ3n) is 4.77. The molecule has 0 aromatic heterocycles. The van der Waals surface area contributed by atoms with Gasteiger partial charge in [0, 0.05) is 6.61 Å². The number of rotatable bonds is 12. The minimum Gasteiger partial charge on any atom is -0.395 e. The molecule has 20 heteroatoms. The van der Waals surface area contributed by atoms with Gasteiger partial charge in [0.2, 0.25) is 0 Å². The van der Waals surface area contributed by atoms with Crippen molar-refractivity contribution in [2.45, 2.75) is 87.1 Å². The van der Waals surface area contributed by atoms with E-state index in [2.05, 4.69) is 4.43 Å². The van der Waals surface area contributed by atoms with Gasteiger partial charge in [-0.2, -0.15) is 74.6 Å². The van der Waals surface area contributed by atoms with E-state index in [-0.39, 0.29) is 19.6 Å². The van der Waals surface area contributed by atoms with E-state index in [0.29, 0.717) is 0 Å². The summed E-state index contributed by atoms with van der Waals surface area (Å²) in [5, 5.41) is 0. The minimum absolute atomic E-state index is 0.132. The van der Waals surface area contributed by atoms with Gasteiger partial charge >= 0.3 is 56.2 Å². The van der Waals surface area contributed by atoms with Gasteiger partial charge in [-0.15, -0.1) is 0 Å². The Bertz CT molecular complexity index is 735. The summed E-state index contributed by atoms with van der Waals surface area (Å²) in [5.74, 6) is -56.7. The molecule has 0 amide bonds. The second kappa shape index (κ2) is 9.36. The Labute approximate surface area is 187 Å². The Hall–Kier alpha value is -1.05. The van der Waals surface area contributed by atoms with Crippen LogP contribution >= 0.6 is 0 Å². The molecule has 0 saturated heterocycles. The lowest BCUT2D eigenvalue weighted by Gasteiger charge is -2.44. The van der Waals surface area contributed by atoms with Crippen molar-refractivity contribution in [1.29, 1.82) is 0 Å². The van der Waals surface area contributed by atoms with Crippen molar-refractivity contribution >= 4 is 8.56 Å². The maximum atomic E-state index is 14.2. The highest BCUT2D eigenvalue weighted by atomic mass is 28.4. The standard InChI is InChI=1S/C15H17F17O2Si/c1-5-33-35(4,6-2)34-7(3)8(16,17)9(18,19)10(20,21)11(22,23)12(24,25)13(26,27)14(28,29)15(30,31)32/h7H,5-6H2,1-4H3. The van der Waals surface area contributed by atoms with E-state index < -0.39 is 62.3 Å². The molecule has 0 N–H and O–H groups in total. The molecule has 0 aromatic carbocycles. The molecular formula is C15H17F17O2Si. The summed E-state index contributed by atoms with van der Waals surface area (Å²) in [7, 11) is -3.93. The molecule has 0 fully saturated rings. The zero-order chi connectivity index (χ0) is 28.9. The van der Waals surface area contributed by atoms with Crippen molar-refractivity contribution in [2.75, 3.05) is 6.61 Å². The van der Waals surface area contributed by atoms with Crippen LogP contribution in [0.2, 0.25) is 12.6 Å². The first kappa shape index (κ1) is 33.9. The van der Waals surface area contributed by atoms with Crippen molar-refractivity contribution in [3.63, 3.8) is 0 Å². The minimum atomic E-state index is -8.65. The monoisotopic (exact) mass is 580 g/mol.